The number of nitrogens with one attached hydrogen (secondary N) is 1. The number of non-ortho nitro benzene ring substituents is 1. The van der Waals surface area contributed by atoms with Gasteiger partial charge in [0.1, 0.15) is 10.4 Å². The van der Waals surface area contributed by atoms with Gasteiger partial charge >= 0.3 is 0 Å². The molecular weight excluding hydrogens is 330 g/mol. The SMILES string of the molecule is O=C(Nc1ccc([N+](=O)[O-])cc1O)c1ccc(Br)nc1. The third-order valence-electron chi connectivity index (χ3n) is 2.43. The van der Waals surface area contributed by atoms with E-state index in [1.54, 1.807) is 12.1 Å². The number of halogens is 1. The van der Waals surface area contributed by atoms with E-state index in [1.807, 2.05) is 0 Å². The second-order valence-electron chi connectivity index (χ2n) is 3.78. The number of rotatable bonds is 3. The van der Waals surface area contributed by atoms with Crippen LogP contribution in [0, 0.1) is 10.1 Å². The minimum Gasteiger partial charge on any atom is -0.506 e. The van der Waals surface area contributed by atoms with Gasteiger partial charge in [-0.25, -0.2) is 4.98 Å². The highest BCUT2D eigenvalue weighted by molar-refractivity contribution is 9.10. The molecule has 2 aromatic rings. The molecule has 0 radical (unpaired) electrons. The van der Waals surface area contributed by atoms with Gasteiger partial charge in [-0.05, 0) is 34.1 Å². The van der Waals surface area contributed by atoms with Crippen LogP contribution in [0.15, 0.2) is 41.1 Å². The van der Waals surface area contributed by atoms with E-state index >= 15 is 0 Å². The Balaban J connectivity index is 2.19. The maximum absolute atomic E-state index is 11.9. The largest absolute Gasteiger partial charge is 0.506 e. The monoisotopic (exact) mass is 337 g/mol. The average Bonchev–Trinajstić information content (AvgIpc) is 2.41. The molecule has 7 nitrogen and oxygen atoms in total. The zero-order valence-corrected chi connectivity index (χ0v) is 11.5. The number of pyridine rings is 1. The molecule has 0 fully saturated rings. The molecule has 0 atom stereocenters. The Labute approximate surface area is 121 Å². The number of carbonyl (C=O) groups excluding carboxylic acids is 1. The number of nitro groups is 1. The number of benzene rings is 1. The van der Waals surface area contributed by atoms with Crippen LogP contribution in [0.5, 0.6) is 5.75 Å². The summed E-state index contributed by atoms with van der Waals surface area (Å²) in [5, 5.41) is 22.6. The molecule has 0 spiro atoms. The molecule has 2 rings (SSSR count). The Morgan fingerprint density at radius 3 is 2.65 bits per heavy atom. The van der Waals surface area contributed by atoms with Crippen molar-refractivity contribution in [1.29, 1.82) is 0 Å². The van der Waals surface area contributed by atoms with Gasteiger partial charge in [0.2, 0.25) is 0 Å². The van der Waals surface area contributed by atoms with Crippen molar-refractivity contribution in [3.8, 4) is 5.75 Å². The van der Waals surface area contributed by atoms with Crippen molar-refractivity contribution in [1.82, 2.24) is 4.98 Å². The summed E-state index contributed by atoms with van der Waals surface area (Å²) in [5.41, 5.74) is 0.125. The first kappa shape index (κ1) is 13.9. The third kappa shape index (κ3) is 3.09. The molecule has 0 saturated carbocycles. The van der Waals surface area contributed by atoms with Crippen molar-refractivity contribution in [3.05, 3.63) is 56.8 Å². The van der Waals surface area contributed by atoms with Crippen LogP contribution in [-0.4, -0.2) is 20.9 Å². The van der Waals surface area contributed by atoms with E-state index in [0.717, 1.165) is 6.07 Å². The third-order valence-corrected chi connectivity index (χ3v) is 2.90. The molecule has 1 aromatic carbocycles. The highest BCUT2D eigenvalue weighted by atomic mass is 79.9. The number of anilines is 1. The van der Waals surface area contributed by atoms with Crippen molar-refractivity contribution >= 4 is 33.2 Å². The van der Waals surface area contributed by atoms with Crippen LogP contribution >= 0.6 is 15.9 Å². The molecule has 0 aliphatic rings. The Morgan fingerprint density at radius 2 is 2.10 bits per heavy atom. The quantitative estimate of drug-likeness (QED) is 0.387. The number of amides is 1. The number of nitrogens with zero attached hydrogens (tertiary/aromatic N) is 2. The van der Waals surface area contributed by atoms with Gasteiger partial charge in [-0.15, -0.1) is 0 Å². The minimum atomic E-state index is -0.635. The summed E-state index contributed by atoms with van der Waals surface area (Å²) in [5.74, 6) is -0.855. The fourth-order valence-corrected chi connectivity index (χ4v) is 1.68. The standard InChI is InChI=1S/C12H8BrN3O4/c13-11-4-1-7(6-14-11)12(18)15-9-3-2-8(16(19)20)5-10(9)17/h1-6,17H,(H,15,18). The van der Waals surface area contributed by atoms with Crippen molar-refractivity contribution in [2.45, 2.75) is 0 Å². The molecular formula is C12H8BrN3O4. The Morgan fingerprint density at radius 1 is 1.35 bits per heavy atom. The lowest BCUT2D eigenvalue weighted by molar-refractivity contribution is -0.384. The number of hydrogen-bond acceptors (Lipinski definition) is 5. The molecule has 20 heavy (non-hydrogen) atoms. The summed E-state index contributed by atoms with van der Waals surface area (Å²) in [6.07, 6.45) is 1.36. The molecule has 0 bridgehead atoms. The van der Waals surface area contributed by atoms with Crippen molar-refractivity contribution < 1.29 is 14.8 Å². The number of nitro benzene ring substituents is 1. The summed E-state index contributed by atoms with van der Waals surface area (Å²) in [7, 11) is 0. The first-order valence-corrected chi connectivity index (χ1v) is 6.17. The maximum atomic E-state index is 11.9. The van der Waals surface area contributed by atoms with Crippen LogP contribution in [0.1, 0.15) is 10.4 Å². The Hall–Kier alpha value is -2.48. The lowest BCUT2D eigenvalue weighted by atomic mass is 10.2. The van der Waals surface area contributed by atoms with Gasteiger partial charge in [0.05, 0.1) is 22.2 Å². The second-order valence-corrected chi connectivity index (χ2v) is 4.59. The fourth-order valence-electron chi connectivity index (χ4n) is 1.44. The molecule has 102 valence electrons. The van der Waals surface area contributed by atoms with E-state index in [0.29, 0.717) is 10.2 Å². The van der Waals surface area contributed by atoms with Gasteiger partial charge in [-0.3, -0.25) is 14.9 Å². The van der Waals surface area contributed by atoms with Gasteiger partial charge in [0, 0.05) is 12.3 Å². The lowest BCUT2D eigenvalue weighted by Crippen LogP contribution is -2.12. The maximum Gasteiger partial charge on any atom is 0.273 e. The highest BCUT2D eigenvalue weighted by Crippen LogP contribution is 2.28. The van der Waals surface area contributed by atoms with E-state index in [9.17, 15) is 20.0 Å². The summed E-state index contributed by atoms with van der Waals surface area (Å²) >= 11 is 3.15. The van der Waals surface area contributed by atoms with Crippen LogP contribution < -0.4 is 5.32 Å². The normalized spacial score (nSPS) is 10.1. The minimum absolute atomic E-state index is 0.0866. The molecule has 2 N–H and O–H groups in total. The summed E-state index contributed by atoms with van der Waals surface area (Å²) < 4.78 is 0.590. The van der Waals surface area contributed by atoms with Gasteiger partial charge in [-0.2, -0.15) is 0 Å². The van der Waals surface area contributed by atoms with Crippen LogP contribution in [0.25, 0.3) is 0 Å². The lowest BCUT2D eigenvalue weighted by Gasteiger charge is -2.07. The van der Waals surface area contributed by atoms with Crippen molar-refractivity contribution in [2.75, 3.05) is 5.32 Å². The predicted molar refractivity (Wildman–Crippen MR) is 74.7 cm³/mol. The molecule has 1 amide bonds. The highest BCUT2D eigenvalue weighted by Gasteiger charge is 2.13. The van der Waals surface area contributed by atoms with E-state index in [1.165, 1.54) is 18.3 Å². The van der Waals surface area contributed by atoms with Crippen LogP contribution in [0.2, 0.25) is 0 Å². The molecule has 0 saturated heterocycles. The van der Waals surface area contributed by atoms with E-state index in [4.69, 9.17) is 0 Å². The van der Waals surface area contributed by atoms with Crippen LogP contribution in [0.3, 0.4) is 0 Å². The number of phenols is 1. The molecule has 8 heteroatoms. The summed E-state index contributed by atoms with van der Waals surface area (Å²) in [6, 6.07) is 6.57. The van der Waals surface area contributed by atoms with Crippen molar-refractivity contribution in [2.24, 2.45) is 0 Å². The summed E-state index contributed by atoms with van der Waals surface area (Å²) in [6.45, 7) is 0. The van der Waals surface area contributed by atoms with Gasteiger partial charge in [0.25, 0.3) is 11.6 Å². The number of hydrogen-bond donors (Lipinski definition) is 2. The first-order chi connectivity index (χ1) is 9.47. The fraction of sp³-hybridized carbons (Fsp3) is 0. The number of aromatic nitrogens is 1. The number of carbonyl (C=O) groups is 1. The number of aromatic hydroxyl groups is 1. The molecule has 1 aromatic heterocycles. The van der Waals surface area contributed by atoms with Crippen LogP contribution in [-0.2, 0) is 0 Å². The second kappa shape index (κ2) is 5.66. The van der Waals surface area contributed by atoms with Gasteiger partial charge in [-0.1, -0.05) is 0 Å². The molecule has 0 unspecified atom stereocenters. The van der Waals surface area contributed by atoms with E-state index in [2.05, 4.69) is 26.2 Å². The zero-order chi connectivity index (χ0) is 14.7. The Bertz CT molecular complexity index is 673. The topological polar surface area (TPSA) is 105 Å². The average molecular weight is 338 g/mol. The van der Waals surface area contributed by atoms with E-state index in [-0.39, 0.29) is 17.1 Å². The molecule has 0 aliphatic heterocycles. The van der Waals surface area contributed by atoms with Gasteiger partial charge < -0.3 is 10.4 Å². The molecule has 0 aliphatic carbocycles. The smallest absolute Gasteiger partial charge is 0.273 e. The predicted octanol–water partition coefficient (Wildman–Crippen LogP) is 2.71. The van der Waals surface area contributed by atoms with Crippen LogP contribution in [0.4, 0.5) is 11.4 Å². The Kier molecular flexibility index (Phi) is 3.94. The first-order valence-electron chi connectivity index (χ1n) is 5.37. The van der Waals surface area contributed by atoms with Crippen molar-refractivity contribution in [3.63, 3.8) is 0 Å². The molecule has 1 heterocycles. The zero-order valence-electron chi connectivity index (χ0n) is 9.91. The van der Waals surface area contributed by atoms with E-state index < -0.39 is 10.8 Å². The summed E-state index contributed by atoms with van der Waals surface area (Å²) in [4.78, 5) is 25.7. The number of phenolic OH excluding ortho intramolecular Hbond substituents is 1. The van der Waals surface area contributed by atoms with Gasteiger partial charge in [0.15, 0.2) is 0 Å².